The van der Waals surface area contributed by atoms with Crippen LogP contribution in [0.4, 0.5) is 5.82 Å². The standard InChI is InChI=1S/C22H28N6O2/c1-15-10-20(25-14-24-15)28-9-3-8-22(30,13-28)12-23-21(29)7-5-17-4-6-18-19(11-17)27-16(2)26-18/h4,6,10-11,14,30H,3,5,7-9,12-13H2,1-2H3,(H,23,29)(H,26,27). The highest BCUT2D eigenvalue weighted by atomic mass is 16.3. The molecule has 1 saturated heterocycles. The minimum Gasteiger partial charge on any atom is -0.386 e. The van der Waals surface area contributed by atoms with Gasteiger partial charge >= 0.3 is 0 Å². The second kappa shape index (κ2) is 8.39. The van der Waals surface area contributed by atoms with Crippen LogP contribution in [0.5, 0.6) is 0 Å². The quantitative estimate of drug-likeness (QED) is 0.576. The van der Waals surface area contributed by atoms with E-state index < -0.39 is 5.60 Å². The van der Waals surface area contributed by atoms with Crippen LogP contribution in [0.2, 0.25) is 0 Å². The third kappa shape index (κ3) is 4.76. The summed E-state index contributed by atoms with van der Waals surface area (Å²) in [6.07, 6.45) is 4.07. The number of rotatable bonds is 6. The van der Waals surface area contributed by atoms with Gasteiger partial charge in [0.1, 0.15) is 18.0 Å². The number of carbonyl (C=O) groups is 1. The Morgan fingerprint density at radius 3 is 3.00 bits per heavy atom. The van der Waals surface area contributed by atoms with Crippen LogP contribution >= 0.6 is 0 Å². The molecule has 3 heterocycles. The molecule has 0 aliphatic carbocycles. The Hall–Kier alpha value is -3.00. The van der Waals surface area contributed by atoms with E-state index in [9.17, 15) is 9.90 Å². The highest BCUT2D eigenvalue weighted by molar-refractivity contribution is 5.78. The zero-order chi connectivity index (χ0) is 21.1. The molecule has 0 saturated carbocycles. The first-order valence-corrected chi connectivity index (χ1v) is 10.4. The Bertz CT molecular complexity index is 1050. The Labute approximate surface area is 175 Å². The maximum Gasteiger partial charge on any atom is 0.220 e. The number of nitrogens with one attached hydrogen (secondary N) is 2. The van der Waals surface area contributed by atoms with Gasteiger partial charge in [-0.25, -0.2) is 15.0 Å². The molecule has 1 atom stereocenters. The molecule has 4 rings (SSSR count). The molecule has 8 heteroatoms. The predicted molar refractivity (Wildman–Crippen MR) is 115 cm³/mol. The van der Waals surface area contributed by atoms with Crippen LogP contribution in [-0.2, 0) is 11.2 Å². The number of aliphatic hydroxyl groups is 1. The molecule has 0 bridgehead atoms. The van der Waals surface area contributed by atoms with Crippen molar-refractivity contribution in [1.82, 2.24) is 25.3 Å². The minimum atomic E-state index is -0.959. The first-order chi connectivity index (χ1) is 14.4. The van der Waals surface area contributed by atoms with Gasteiger partial charge in [-0.2, -0.15) is 0 Å². The van der Waals surface area contributed by atoms with Crippen LogP contribution in [0.3, 0.4) is 0 Å². The zero-order valence-corrected chi connectivity index (χ0v) is 17.5. The van der Waals surface area contributed by atoms with E-state index >= 15 is 0 Å². The SMILES string of the molecule is Cc1cc(N2CCCC(O)(CNC(=O)CCc3ccc4nc(C)[nH]c4c3)C2)ncn1. The summed E-state index contributed by atoms with van der Waals surface area (Å²) in [6, 6.07) is 7.94. The first kappa shape index (κ1) is 20.3. The number of hydrogen-bond donors (Lipinski definition) is 3. The van der Waals surface area contributed by atoms with Crippen LogP contribution in [0, 0.1) is 13.8 Å². The summed E-state index contributed by atoms with van der Waals surface area (Å²) >= 11 is 0. The summed E-state index contributed by atoms with van der Waals surface area (Å²) in [7, 11) is 0. The topological polar surface area (TPSA) is 107 Å². The van der Waals surface area contributed by atoms with Crippen molar-refractivity contribution in [2.24, 2.45) is 0 Å². The van der Waals surface area contributed by atoms with Crippen LogP contribution in [0.1, 0.15) is 36.3 Å². The molecule has 0 radical (unpaired) electrons. The number of hydrogen-bond acceptors (Lipinski definition) is 6. The number of anilines is 1. The molecular weight excluding hydrogens is 380 g/mol. The van der Waals surface area contributed by atoms with Crippen LogP contribution in [0.25, 0.3) is 11.0 Å². The van der Waals surface area contributed by atoms with Crippen molar-refractivity contribution >= 4 is 22.8 Å². The number of aromatic amines is 1. The van der Waals surface area contributed by atoms with Gasteiger partial charge in [-0.05, 0) is 50.8 Å². The number of fused-ring (bicyclic) bond motifs is 1. The third-order valence-electron chi connectivity index (χ3n) is 5.59. The van der Waals surface area contributed by atoms with Gasteiger partial charge in [-0.3, -0.25) is 4.79 Å². The monoisotopic (exact) mass is 408 g/mol. The second-order valence-electron chi connectivity index (χ2n) is 8.22. The van der Waals surface area contributed by atoms with Crippen molar-refractivity contribution in [2.75, 3.05) is 24.5 Å². The Morgan fingerprint density at radius 2 is 2.17 bits per heavy atom. The number of nitrogens with zero attached hydrogens (tertiary/aromatic N) is 4. The number of carbonyl (C=O) groups excluding carboxylic acids is 1. The average Bonchev–Trinajstić information content (AvgIpc) is 3.10. The molecule has 3 N–H and O–H groups in total. The van der Waals surface area contributed by atoms with E-state index in [1.165, 1.54) is 0 Å². The third-order valence-corrected chi connectivity index (χ3v) is 5.59. The summed E-state index contributed by atoms with van der Waals surface area (Å²) in [5.41, 5.74) is 2.94. The second-order valence-corrected chi connectivity index (χ2v) is 8.22. The molecular formula is C22H28N6O2. The number of H-pyrrole nitrogens is 1. The maximum absolute atomic E-state index is 12.4. The highest BCUT2D eigenvalue weighted by Gasteiger charge is 2.34. The van der Waals surface area contributed by atoms with E-state index in [0.29, 0.717) is 25.8 Å². The summed E-state index contributed by atoms with van der Waals surface area (Å²) in [4.78, 5) is 30.5. The van der Waals surface area contributed by atoms with Gasteiger partial charge in [0.2, 0.25) is 5.91 Å². The number of β-amino-alcohol motifs (C(OH)–C–C–N with tert-alkyl or cyclic N) is 1. The molecule has 1 aliphatic rings. The number of piperidine rings is 1. The van der Waals surface area contributed by atoms with Gasteiger partial charge in [0, 0.05) is 37.8 Å². The molecule has 30 heavy (non-hydrogen) atoms. The molecule has 158 valence electrons. The van der Waals surface area contributed by atoms with Gasteiger partial charge in [0.25, 0.3) is 0 Å². The van der Waals surface area contributed by atoms with E-state index in [1.54, 1.807) is 6.33 Å². The number of benzene rings is 1. The molecule has 1 fully saturated rings. The Kier molecular flexibility index (Phi) is 5.67. The fraction of sp³-hybridized carbons (Fsp3) is 0.455. The largest absolute Gasteiger partial charge is 0.386 e. The van der Waals surface area contributed by atoms with Crippen molar-refractivity contribution in [3.8, 4) is 0 Å². The molecule has 1 unspecified atom stereocenters. The molecule has 1 amide bonds. The zero-order valence-electron chi connectivity index (χ0n) is 17.5. The molecule has 1 aromatic carbocycles. The molecule has 0 spiro atoms. The van der Waals surface area contributed by atoms with Gasteiger partial charge in [0.05, 0.1) is 16.6 Å². The average molecular weight is 409 g/mol. The molecule has 1 aliphatic heterocycles. The fourth-order valence-electron chi connectivity index (χ4n) is 4.01. The number of imidazole rings is 1. The molecule has 3 aromatic rings. The van der Waals surface area contributed by atoms with Crippen molar-refractivity contribution in [1.29, 1.82) is 0 Å². The Balaban J connectivity index is 1.29. The van der Waals surface area contributed by atoms with E-state index in [1.807, 2.05) is 38.1 Å². The number of aromatic nitrogens is 4. The van der Waals surface area contributed by atoms with Crippen LogP contribution in [-0.4, -0.2) is 56.2 Å². The lowest BCUT2D eigenvalue weighted by molar-refractivity contribution is -0.122. The number of aryl methyl sites for hydroxylation is 3. The van der Waals surface area contributed by atoms with E-state index in [0.717, 1.165) is 46.9 Å². The van der Waals surface area contributed by atoms with Crippen LogP contribution in [0.15, 0.2) is 30.6 Å². The predicted octanol–water partition coefficient (Wildman–Crippen LogP) is 2.05. The lowest BCUT2D eigenvalue weighted by Crippen LogP contribution is -2.54. The molecule has 8 nitrogen and oxygen atoms in total. The Morgan fingerprint density at radius 1 is 1.30 bits per heavy atom. The van der Waals surface area contributed by atoms with E-state index in [4.69, 9.17) is 0 Å². The van der Waals surface area contributed by atoms with Crippen molar-refractivity contribution in [2.45, 2.75) is 45.1 Å². The summed E-state index contributed by atoms with van der Waals surface area (Å²) in [5, 5.41) is 13.9. The van der Waals surface area contributed by atoms with E-state index in [-0.39, 0.29) is 12.5 Å². The first-order valence-electron chi connectivity index (χ1n) is 10.4. The van der Waals surface area contributed by atoms with Crippen molar-refractivity contribution in [3.63, 3.8) is 0 Å². The molecule has 2 aromatic heterocycles. The summed E-state index contributed by atoms with van der Waals surface area (Å²) < 4.78 is 0. The lowest BCUT2D eigenvalue weighted by Gasteiger charge is -2.39. The van der Waals surface area contributed by atoms with Gasteiger partial charge < -0.3 is 20.3 Å². The van der Waals surface area contributed by atoms with Crippen LogP contribution < -0.4 is 10.2 Å². The highest BCUT2D eigenvalue weighted by Crippen LogP contribution is 2.24. The lowest BCUT2D eigenvalue weighted by atomic mass is 9.92. The smallest absolute Gasteiger partial charge is 0.220 e. The minimum absolute atomic E-state index is 0.0562. The maximum atomic E-state index is 12.4. The number of amides is 1. The van der Waals surface area contributed by atoms with E-state index in [2.05, 4.69) is 30.2 Å². The summed E-state index contributed by atoms with van der Waals surface area (Å²) in [5.74, 6) is 1.64. The van der Waals surface area contributed by atoms with Crippen molar-refractivity contribution < 1.29 is 9.90 Å². The fourth-order valence-corrected chi connectivity index (χ4v) is 4.01. The van der Waals surface area contributed by atoms with Gasteiger partial charge in [-0.15, -0.1) is 0 Å². The van der Waals surface area contributed by atoms with Gasteiger partial charge in [0.15, 0.2) is 0 Å². The van der Waals surface area contributed by atoms with Crippen molar-refractivity contribution in [3.05, 3.63) is 47.7 Å². The summed E-state index contributed by atoms with van der Waals surface area (Å²) in [6.45, 7) is 5.37. The van der Waals surface area contributed by atoms with Gasteiger partial charge in [-0.1, -0.05) is 6.07 Å². The normalized spacial score (nSPS) is 19.2.